The van der Waals surface area contributed by atoms with Gasteiger partial charge < -0.3 is 15.8 Å². The molecule has 2 aromatic carbocycles. The number of ether oxygens (including phenoxy) is 1. The minimum absolute atomic E-state index is 0.0618. The molecule has 0 radical (unpaired) electrons. The van der Waals surface area contributed by atoms with E-state index < -0.39 is 11.7 Å². The lowest BCUT2D eigenvalue weighted by atomic mass is 10.2. The average Bonchev–Trinajstić information content (AvgIpc) is 2.41. The Balaban J connectivity index is 2.23. The molecule has 0 spiro atoms. The Hall–Kier alpha value is -2.56. The van der Waals surface area contributed by atoms with E-state index in [-0.39, 0.29) is 5.69 Å². The van der Waals surface area contributed by atoms with Crippen LogP contribution >= 0.6 is 0 Å². The molecule has 0 aliphatic heterocycles. The van der Waals surface area contributed by atoms with Gasteiger partial charge in [0, 0.05) is 17.3 Å². The second-order valence-corrected chi connectivity index (χ2v) is 3.93. The SMILES string of the molecule is COc1ccc(F)c(NC(=O)c2cccc(N)c2)c1. The lowest BCUT2D eigenvalue weighted by Crippen LogP contribution is -2.13. The van der Waals surface area contributed by atoms with Crippen molar-refractivity contribution in [3.63, 3.8) is 0 Å². The molecule has 0 atom stereocenters. The summed E-state index contributed by atoms with van der Waals surface area (Å²) in [6.07, 6.45) is 0. The molecule has 2 rings (SSSR count). The molecule has 2 aromatic rings. The first-order valence-corrected chi connectivity index (χ1v) is 5.60. The summed E-state index contributed by atoms with van der Waals surface area (Å²) in [7, 11) is 1.47. The van der Waals surface area contributed by atoms with E-state index >= 15 is 0 Å². The summed E-state index contributed by atoms with van der Waals surface area (Å²) in [5, 5.41) is 2.48. The summed E-state index contributed by atoms with van der Waals surface area (Å²) in [4.78, 5) is 11.9. The Morgan fingerprint density at radius 1 is 1.26 bits per heavy atom. The number of methoxy groups -OCH3 is 1. The summed E-state index contributed by atoms with van der Waals surface area (Å²) < 4.78 is 18.5. The second-order valence-electron chi connectivity index (χ2n) is 3.93. The van der Waals surface area contributed by atoms with E-state index in [0.29, 0.717) is 17.0 Å². The van der Waals surface area contributed by atoms with Crippen molar-refractivity contribution in [3.8, 4) is 5.75 Å². The smallest absolute Gasteiger partial charge is 0.255 e. The number of nitrogen functional groups attached to an aromatic ring is 1. The van der Waals surface area contributed by atoms with Crippen LogP contribution in [0.4, 0.5) is 15.8 Å². The zero-order valence-corrected chi connectivity index (χ0v) is 10.3. The molecular formula is C14H13FN2O2. The van der Waals surface area contributed by atoms with E-state index in [1.165, 1.54) is 31.4 Å². The van der Waals surface area contributed by atoms with Crippen LogP contribution in [-0.2, 0) is 0 Å². The van der Waals surface area contributed by atoms with Gasteiger partial charge in [0.15, 0.2) is 0 Å². The molecule has 1 amide bonds. The van der Waals surface area contributed by atoms with Crippen molar-refractivity contribution in [1.29, 1.82) is 0 Å². The highest BCUT2D eigenvalue weighted by Gasteiger charge is 2.10. The van der Waals surface area contributed by atoms with Gasteiger partial charge in [0.05, 0.1) is 12.8 Å². The van der Waals surface area contributed by atoms with Gasteiger partial charge in [0.1, 0.15) is 11.6 Å². The lowest BCUT2D eigenvalue weighted by molar-refractivity contribution is 0.102. The molecule has 0 aliphatic rings. The first-order valence-electron chi connectivity index (χ1n) is 5.60. The number of nitrogens with one attached hydrogen (secondary N) is 1. The topological polar surface area (TPSA) is 64.3 Å². The van der Waals surface area contributed by atoms with Gasteiger partial charge in [0.2, 0.25) is 0 Å². The third-order valence-electron chi connectivity index (χ3n) is 2.57. The molecule has 4 nitrogen and oxygen atoms in total. The van der Waals surface area contributed by atoms with E-state index in [0.717, 1.165) is 0 Å². The molecule has 3 N–H and O–H groups in total. The summed E-state index contributed by atoms with van der Waals surface area (Å²) in [5.41, 5.74) is 6.49. The van der Waals surface area contributed by atoms with E-state index in [9.17, 15) is 9.18 Å². The number of rotatable bonds is 3. The van der Waals surface area contributed by atoms with Gasteiger partial charge in [-0.2, -0.15) is 0 Å². The zero-order chi connectivity index (χ0) is 13.8. The molecule has 0 saturated heterocycles. The number of amides is 1. The molecule has 0 heterocycles. The first-order chi connectivity index (χ1) is 9.10. The van der Waals surface area contributed by atoms with Crippen LogP contribution < -0.4 is 15.8 Å². The van der Waals surface area contributed by atoms with E-state index in [4.69, 9.17) is 10.5 Å². The highest BCUT2D eigenvalue weighted by atomic mass is 19.1. The molecule has 0 aliphatic carbocycles. The van der Waals surface area contributed by atoms with Gasteiger partial charge in [-0.1, -0.05) is 6.07 Å². The molecule has 0 aromatic heterocycles. The van der Waals surface area contributed by atoms with Crippen molar-refractivity contribution in [3.05, 3.63) is 53.8 Å². The number of carbonyl (C=O) groups is 1. The highest BCUT2D eigenvalue weighted by molar-refractivity contribution is 6.04. The Labute approximate surface area is 110 Å². The molecule has 5 heteroatoms. The predicted molar refractivity (Wildman–Crippen MR) is 71.8 cm³/mol. The minimum Gasteiger partial charge on any atom is -0.497 e. The normalized spacial score (nSPS) is 10.0. The van der Waals surface area contributed by atoms with E-state index in [1.54, 1.807) is 18.2 Å². The van der Waals surface area contributed by atoms with Crippen LogP contribution in [0.1, 0.15) is 10.4 Å². The summed E-state index contributed by atoms with van der Waals surface area (Å²) in [6, 6.07) is 10.6. The number of carbonyl (C=O) groups excluding carboxylic acids is 1. The fourth-order valence-corrected chi connectivity index (χ4v) is 1.60. The van der Waals surface area contributed by atoms with Crippen molar-refractivity contribution < 1.29 is 13.9 Å². The van der Waals surface area contributed by atoms with Crippen molar-refractivity contribution in [2.75, 3.05) is 18.2 Å². The molecule has 0 fully saturated rings. The Bertz CT molecular complexity index is 614. The predicted octanol–water partition coefficient (Wildman–Crippen LogP) is 2.67. The third kappa shape index (κ3) is 3.01. The molecule has 98 valence electrons. The maximum Gasteiger partial charge on any atom is 0.255 e. The fourth-order valence-electron chi connectivity index (χ4n) is 1.60. The quantitative estimate of drug-likeness (QED) is 0.834. The van der Waals surface area contributed by atoms with Gasteiger partial charge >= 0.3 is 0 Å². The van der Waals surface area contributed by atoms with Gasteiger partial charge in [-0.05, 0) is 30.3 Å². The summed E-state index contributed by atoms with van der Waals surface area (Å²) >= 11 is 0. The standard InChI is InChI=1S/C14H13FN2O2/c1-19-11-5-6-12(15)13(8-11)17-14(18)9-3-2-4-10(16)7-9/h2-8H,16H2,1H3,(H,17,18). The summed E-state index contributed by atoms with van der Waals surface area (Å²) in [5.74, 6) is -0.498. The van der Waals surface area contributed by atoms with E-state index in [1.807, 2.05) is 0 Å². The Morgan fingerprint density at radius 2 is 2.05 bits per heavy atom. The minimum atomic E-state index is -0.530. The highest BCUT2D eigenvalue weighted by Crippen LogP contribution is 2.21. The molecular weight excluding hydrogens is 247 g/mol. The van der Waals surface area contributed by atoms with Crippen molar-refractivity contribution in [1.82, 2.24) is 0 Å². The van der Waals surface area contributed by atoms with Crippen LogP contribution in [0.15, 0.2) is 42.5 Å². The fraction of sp³-hybridized carbons (Fsp3) is 0.0714. The largest absolute Gasteiger partial charge is 0.497 e. The van der Waals surface area contributed by atoms with Crippen molar-refractivity contribution >= 4 is 17.3 Å². The van der Waals surface area contributed by atoms with Crippen LogP contribution in [-0.4, -0.2) is 13.0 Å². The lowest BCUT2D eigenvalue weighted by Gasteiger charge is -2.08. The Morgan fingerprint density at radius 3 is 2.74 bits per heavy atom. The molecule has 19 heavy (non-hydrogen) atoms. The van der Waals surface area contributed by atoms with Crippen LogP contribution in [0.2, 0.25) is 0 Å². The maximum atomic E-state index is 13.6. The molecule has 0 unspecified atom stereocenters. The Kier molecular flexibility index (Phi) is 3.66. The number of anilines is 2. The third-order valence-corrected chi connectivity index (χ3v) is 2.57. The van der Waals surface area contributed by atoms with Crippen LogP contribution in [0.25, 0.3) is 0 Å². The monoisotopic (exact) mass is 260 g/mol. The number of halogens is 1. The number of hydrogen-bond donors (Lipinski definition) is 2. The van der Waals surface area contributed by atoms with E-state index in [2.05, 4.69) is 5.32 Å². The van der Waals surface area contributed by atoms with Gasteiger partial charge in [0.25, 0.3) is 5.91 Å². The van der Waals surface area contributed by atoms with Crippen LogP contribution in [0, 0.1) is 5.82 Å². The molecule has 0 saturated carbocycles. The van der Waals surface area contributed by atoms with Crippen molar-refractivity contribution in [2.45, 2.75) is 0 Å². The van der Waals surface area contributed by atoms with Crippen LogP contribution in [0.5, 0.6) is 5.75 Å². The second kappa shape index (κ2) is 5.39. The number of hydrogen-bond acceptors (Lipinski definition) is 3. The van der Waals surface area contributed by atoms with Crippen molar-refractivity contribution in [2.24, 2.45) is 0 Å². The number of nitrogens with two attached hydrogens (primary N) is 1. The maximum absolute atomic E-state index is 13.6. The average molecular weight is 260 g/mol. The van der Waals surface area contributed by atoms with Gasteiger partial charge in [-0.25, -0.2) is 4.39 Å². The number of benzene rings is 2. The van der Waals surface area contributed by atoms with Gasteiger partial charge in [-0.15, -0.1) is 0 Å². The zero-order valence-electron chi connectivity index (χ0n) is 10.3. The van der Waals surface area contributed by atoms with Crippen LogP contribution in [0.3, 0.4) is 0 Å². The molecule has 0 bridgehead atoms. The summed E-state index contributed by atoms with van der Waals surface area (Å²) in [6.45, 7) is 0. The van der Waals surface area contributed by atoms with Gasteiger partial charge in [-0.3, -0.25) is 4.79 Å². The first kappa shape index (κ1) is 12.9.